The first-order valence-electron chi connectivity index (χ1n) is 5.37. The zero-order valence-corrected chi connectivity index (χ0v) is 13.4. The quantitative estimate of drug-likeness (QED) is 0.787. The Balaban J connectivity index is 3.33. The van der Waals surface area contributed by atoms with Gasteiger partial charge in [-0.3, -0.25) is 4.79 Å². The van der Waals surface area contributed by atoms with Gasteiger partial charge in [0.2, 0.25) is 0 Å². The molecule has 1 aromatic carbocycles. The highest BCUT2D eigenvalue weighted by Gasteiger charge is 2.22. The predicted octanol–water partition coefficient (Wildman–Crippen LogP) is 3.40. The van der Waals surface area contributed by atoms with E-state index in [2.05, 4.69) is 0 Å². The summed E-state index contributed by atoms with van der Waals surface area (Å²) < 4.78 is 22.7. The van der Waals surface area contributed by atoms with Crippen molar-refractivity contribution in [2.45, 2.75) is 18.2 Å². The Hall–Kier alpha value is -0.490. The van der Waals surface area contributed by atoms with E-state index in [1.807, 2.05) is 6.92 Å². The molecule has 0 atom stereocenters. The summed E-state index contributed by atoms with van der Waals surface area (Å²) in [4.78, 5) is 13.2. The maximum atomic E-state index is 12.1. The summed E-state index contributed by atoms with van der Waals surface area (Å²) in [5.74, 6) is -0.345. The molecule has 0 N–H and O–H groups in total. The Morgan fingerprint density at radius 3 is 2.37 bits per heavy atom. The van der Waals surface area contributed by atoms with Crippen LogP contribution in [0.5, 0.6) is 0 Å². The molecule has 0 spiro atoms. The molecule has 0 heterocycles. The summed E-state index contributed by atoms with van der Waals surface area (Å²) in [5, 5.41) is -0.219. The first-order valence-corrected chi connectivity index (χ1v) is 8.44. The van der Waals surface area contributed by atoms with Crippen molar-refractivity contribution >= 4 is 48.8 Å². The number of nitrogens with zero attached hydrogens (tertiary/aromatic N) is 1. The monoisotopic (exact) mass is 343 g/mol. The maximum Gasteiger partial charge on any atom is 0.262 e. The van der Waals surface area contributed by atoms with Crippen LogP contribution >= 0.6 is 33.9 Å². The van der Waals surface area contributed by atoms with Crippen molar-refractivity contribution in [1.29, 1.82) is 0 Å². The number of hydrogen-bond acceptors (Lipinski definition) is 3. The zero-order chi connectivity index (χ0) is 14.8. The summed E-state index contributed by atoms with van der Waals surface area (Å²) in [6.07, 6.45) is 0.782. The van der Waals surface area contributed by atoms with E-state index >= 15 is 0 Å². The second-order valence-corrected chi connectivity index (χ2v) is 7.25. The van der Waals surface area contributed by atoms with E-state index in [1.54, 1.807) is 7.05 Å². The van der Waals surface area contributed by atoms with E-state index in [0.29, 0.717) is 6.54 Å². The van der Waals surface area contributed by atoms with Gasteiger partial charge in [-0.25, -0.2) is 8.42 Å². The standard InChI is InChI=1S/C11H12Cl3NO3S/c1-3-4-15(2)11(16)7-5-8(12)10(13)9(6-7)19(14,17)18/h5-6H,3-4H2,1-2H3. The van der Waals surface area contributed by atoms with Crippen molar-refractivity contribution in [3.63, 3.8) is 0 Å². The van der Waals surface area contributed by atoms with Crippen LogP contribution in [0.2, 0.25) is 10.0 Å². The first kappa shape index (κ1) is 16.6. The van der Waals surface area contributed by atoms with Gasteiger partial charge in [-0.1, -0.05) is 30.1 Å². The molecule has 0 radical (unpaired) electrons. The Kier molecular flexibility index (Phi) is 5.50. The Morgan fingerprint density at radius 2 is 1.89 bits per heavy atom. The van der Waals surface area contributed by atoms with Gasteiger partial charge >= 0.3 is 0 Å². The Bertz CT molecular complexity index is 601. The summed E-state index contributed by atoms with van der Waals surface area (Å²) >= 11 is 11.6. The minimum absolute atomic E-state index is 0.0309. The highest BCUT2D eigenvalue weighted by atomic mass is 35.7. The van der Waals surface area contributed by atoms with Gasteiger partial charge in [0.1, 0.15) is 4.90 Å². The number of rotatable bonds is 4. The van der Waals surface area contributed by atoms with Crippen molar-refractivity contribution in [1.82, 2.24) is 4.90 Å². The Labute approximate surface area is 126 Å². The highest BCUT2D eigenvalue weighted by molar-refractivity contribution is 8.13. The molecule has 0 aliphatic rings. The molecule has 0 aromatic heterocycles. The van der Waals surface area contributed by atoms with E-state index < -0.39 is 9.05 Å². The van der Waals surface area contributed by atoms with Crippen LogP contribution in [0.4, 0.5) is 0 Å². The molecular weight excluding hydrogens is 333 g/mol. The Morgan fingerprint density at radius 1 is 1.32 bits per heavy atom. The number of carbonyl (C=O) groups is 1. The SMILES string of the molecule is CCCN(C)C(=O)c1cc(Cl)c(Cl)c(S(=O)(=O)Cl)c1. The molecule has 106 valence electrons. The van der Waals surface area contributed by atoms with Gasteiger partial charge in [-0.2, -0.15) is 0 Å². The lowest BCUT2D eigenvalue weighted by molar-refractivity contribution is 0.0795. The largest absolute Gasteiger partial charge is 0.342 e. The molecule has 0 aliphatic heterocycles. The van der Waals surface area contributed by atoms with Crippen LogP contribution in [0, 0.1) is 0 Å². The fraction of sp³-hybridized carbons (Fsp3) is 0.364. The van der Waals surface area contributed by atoms with E-state index in [-0.39, 0.29) is 26.4 Å². The summed E-state index contributed by atoms with van der Waals surface area (Å²) in [6, 6.07) is 2.45. The van der Waals surface area contributed by atoms with Crippen LogP contribution in [-0.2, 0) is 9.05 Å². The predicted molar refractivity (Wildman–Crippen MR) is 76.8 cm³/mol. The van der Waals surface area contributed by atoms with Gasteiger partial charge < -0.3 is 4.90 Å². The minimum atomic E-state index is -4.06. The van der Waals surface area contributed by atoms with Crippen molar-refractivity contribution in [3.8, 4) is 0 Å². The summed E-state index contributed by atoms with van der Waals surface area (Å²) in [5.41, 5.74) is 0.129. The van der Waals surface area contributed by atoms with Crippen LogP contribution in [0.15, 0.2) is 17.0 Å². The summed E-state index contributed by atoms with van der Waals surface area (Å²) in [6.45, 7) is 2.47. The molecule has 8 heteroatoms. The highest BCUT2D eigenvalue weighted by Crippen LogP contribution is 2.33. The van der Waals surface area contributed by atoms with Crippen molar-refractivity contribution in [2.75, 3.05) is 13.6 Å². The normalized spacial score (nSPS) is 11.4. The fourth-order valence-corrected chi connectivity index (χ4v) is 3.29. The van der Waals surface area contributed by atoms with Gasteiger partial charge in [0.25, 0.3) is 15.0 Å². The van der Waals surface area contributed by atoms with Crippen molar-refractivity contribution in [2.24, 2.45) is 0 Å². The number of halogens is 3. The average Bonchev–Trinajstić information content (AvgIpc) is 2.30. The van der Waals surface area contributed by atoms with Gasteiger partial charge in [0.05, 0.1) is 10.0 Å². The fourth-order valence-electron chi connectivity index (χ4n) is 1.52. The topological polar surface area (TPSA) is 54.5 Å². The molecule has 0 saturated heterocycles. The molecule has 1 rings (SSSR count). The molecule has 0 aliphatic carbocycles. The third-order valence-corrected chi connectivity index (χ3v) is 4.67. The van der Waals surface area contributed by atoms with Crippen molar-refractivity contribution in [3.05, 3.63) is 27.7 Å². The molecule has 0 saturated carbocycles. The third kappa shape index (κ3) is 3.99. The van der Waals surface area contributed by atoms with Crippen molar-refractivity contribution < 1.29 is 13.2 Å². The number of carbonyl (C=O) groups excluding carboxylic acids is 1. The van der Waals surface area contributed by atoms with E-state index in [0.717, 1.165) is 12.5 Å². The van der Waals surface area contributed by atoms with Crippen LogP contribution in [0.1, 0.15) is 23.7 Å². The minimum Gasteiger partial charge on any atom is -0.342 e. The lowest BCUT2D eigenvalue weighted by Gasteiger charge is -2.17. The first-order chi connectivity index (χ1) is 8.68. The molecule has 4 nitrogen and oxygen atoms in total. The van der Waals surface area contributed by atoms with E-state index in [9.17, 15) is 13.2 Å². The molecule has 19 heavy (non-hydrogen) atoms. The number of hydrogen-bond donors (Lipinski definition) is 0. The number of benzene rings is 1. The zero-order valence-electron chi connectivity index (χ0n) is 10.3. The molecule has 1 amide bonds. The summed E-state index contributed by atoms with van der Waals surface area (Å²) in [7, 11) is 2.81. The molecular formula is C11H12Cl3NO3S. The van der Waals surface area contributed by atoms with Crippen LogP contribution < -0.4 is 0 Å². The average molecular weight is 345 g/mol. The van der Waals surface area contributed by atoms with Gasteiger partial charge in [0.15, 0.2) is 0 Å². The van der Waals surface area contributed by atoms with Gasteiger partial charge in [0, 0.05) is 29.8 Å². The molecule has 0 bridgehead atoms. The lowest BCUT2D eigenvalue weighted by Crippen LogP contribution is -2.27. The van der Waals surface area contributed by atoms with Crippen LogP contribution in [0.3, 0.4) is 0 Å². The van der Waals surface area contributed by atoms with Crippen LogP contribution in [0.25, 0.3) is 0 Å². The molecule has 0 fully saturated rings. The maximum absolute atomic E-state index is 12.1. The second-order valence-electron chi connectivity index (χ2n) is 3.93. The number of amides is 1. The van der Waals surface area contributed by atoms with E-state index in [4.69, 9.17) is 33.9 Å². The van der Waals surface area contributed by atoms with Gasteiger partial charge in [-0.05, 0) is 18.6 Å². The third-order valence-electron chi connectivity index (χ3n) is 2.41. The van der Waals surface area contributed by atoms with E-state index in [1.165, 1.54) is 11.0 Å². The second kappa shape index (κ2) is 6.31. The smallest absolute Gasteiger partial charge is 0.262 e. The van der Waals surface area contributed by atoms with Gasteiger partial charge in [-0.15, -0.1) is 0 Å². The molecule has 1 aromatic rings. The molecule has 0 unspecified atom stereocenters. The van der Waals surface area contributed by atoms with Crippen LogP contribution in [-0.4, -0.2) is 32.8 Å². The lowest BCUT2D eigenvalue weighted by atomic mass is 10.2.